The lowest BCUT2D eigenvalue weighted by atomic mass is 9.91. The lowest BCUT2D eigenvalue weighted by molar-refractivity contribution is 0.243. The highest BCUT2D eigenvalue weighted by molar-refractivity contribution is 7.92. The molecule has 4 rings (SSSR count). The van der Waals surface area contributed by atoms with Crippen molar-refractivity contribution in [2.45, 2.75) is 49.6 Å². The van der Waals surface area contributed by atoms with E-state index >= 15 is 0 Å². The molecule has 0 aliphatic heterocycles. The Labute approximate surface area is 205 Å². The van der Waals surface area contributed by atoms with Crippen LogP contribution in [0.4, 0.5) is 30.6 Å². The Bertz CT molecular complexity index is 1440. The van der Waals surface area contributed by atoms with Crippen molar-refractivity contribution in [1.82, 2.24) is 5.32 Å². The van der Waals surface area contributed by atoms with Gasteiger partial charge in [0.25, 0.3) is 20.9 Å². The van der Waals surface area contributed by atoms with Crippen LogP contribution >= 0.6 is 0 Å². The van der Waals surface area contributed by atoms with Gasteiger partial charge in [0.1, 0.15) is 23.0 Å². The second kappa shape index (κ2) is 10.1. The minimum Gasteiger partial charge on any atom is -0.377 e. The molecule has 36 heavy (non-hydrogen) atoms. The Hall–Kier alpha value is -3.80. The van der Waals surface area contributed by atoms with E-state index in [2.05, 4.69) is 20.7 Å². The number of anilines is 3. The predicted molar refractivity (Wildman–Crippen MR) is 132 cm³/mol. The lowest BCUT2D eigenvalue weighted by Gasteiger charge is -2.31. The van der Waals surface area contributed by atoms with Crippen LogP contribution in [-0.2, 0) is 10.0 Å². The third kappa shape index (κ3) is 5.70. The molecule has 4 N–H and O–H groups in total. The first-order chi connectivity index (χ1) is 17.0. The minimum absolute atomic E-state index is 0.0129. The normalized spacial score (nSPS) is 18.0. The SMILES string of the molecule is Cc1ccc(S(=O)(=O)Nc2c(NC3CCC(NC(=O)Nc4cc(F)cc(F)c4)CC3)c(=O)c2=O)cc1. The summed E-state index contributed by atoms with van der Waals surface area (Å²) < 4.78 is 54.0. The van der Waals surface area contributed by atoms with Crippen LogP contribution in [0.15, 0.2) is 56.9 Å². The fourth-order valence-corrected chi connectivity index (χ4v) is 5.18. The van der Waals surface area contributed by atoms with E-state index in [9.17, 15) is 31.6 Å². The largest absolute Gasteiger partial charge is 0.377 e. The molecule has 12 heteroatoms. The van der Waals surface area contributed by atoms with Gasteiger partial charge in [0.15, 0.2) is 0 Å². The molecule has 0 radical (unpaired) electrons. The van der Waals surface area contributed by atoms with Crippen LogP contribution < -0.4 is 31.5 Å². The summed E-state index contributed by atoms with van der Waals surface area (Å²) in [5, 5.41) is 8.09. The standard InChI is InChI=1S/C24H24F2N4O5S/c1-13-2-8-19(9-3-13)36(34,35)30-21-20(22(31)23(21)32)27-16-4-6-17(7-5-16)28-24(33)29-18-11-14(25)10-15(26)12-18/h2-3,8-12,16-17,27,30H,4-7H2,1H3,(H2,28,29,33). The zero-order chi connectivity index (χ0) is 26.0. The van der Waals surface area contributed by atoms with Crippen molar-refractivity contribution in [2.24, 2.45) is 0 Å². The number of hydrogen-bond acceptors (Lipinski definition) is 6. The summed E-state index contributed by atoms with van der Waals surface area (Å²) in [5.41, 5.74) is -1.20. The fourth-order valence-electron chi connectivity index (χ4n) is 4.10. The zero-order valence-electron chi connectivity index (χ0n) is 19.2. The van der Waals surface area contributed by atoms with Gasteiger partial charge >= 0.3 is 6.03 Å². The van der Waals surface area contributed by atoms with Crippen LogP contribution in [0.2, 0.25) is 0 Å². The monoisotopic (exact) mass is 518 g/mol. The molecule has 3 aromatic rings. The zero-order valence-corrected chi connectivity index (χ0v) is 20.0. The molecule has 0 spiro atoms. The Morgan fingerprint density at radius 3 is 2.03 bits per heavy atom. The topological polar surface area (TPSA) is 133 Å². The van der Waals surface area contributed by atoms with E-state index in [-0.39, 0.29) is 34.0 Å². The predicted octanol–water partition coefficient (Wildman–Crippen LogP) is 3.21. The van der Waals surface area contributed by atoms with Gasteiger partial charge in [0, 0.05) is 23.8 Å². The van der Waals surface area contributed by atoms with Crippen molar-refractivity contribution in [3.63, 3.8) is 0 Å². The van der Waals surface area contributed by atoms with Crippen molar-refractivity contribution in [3.05, 3.63) is 80.1 Å². The van der Waals surface area contributed by atoms with E-state index in [1.165, 1.54) is 12.1 Å². The number of urea groups is 1. The molecule has 1 fully saturated rings. The van der Waals surface area contributed by atoms with E-state index in [1.807, 2.05) is 6.92 Å². The molecule has 1 aliphatic carbocycles. The summed E-state index contributed by atoms with van der Waals surface area (Å²) in [7, 11) is -4.04. The molecule has 3 aromatic carbocycles. The number of rotatable bonds is 7. The highest BCUT2D eigenvalue weighted by atomic mass is 32.2. The summed E-state index contributed by atoms with van der Waals surface area (Å²) in [5.74, 6) is -1.62. The molecular formula is C24H24F2N4O5S. The third-order valence-electron chi connectivity index (χ3n) is 6.01. The van der Waals surface area contributed by atoms with Crippen molar-refractivity contribution < 1.29 is 22.0 Å². The maximum atomic E-state index is 13.3. The second-order valence-electron chi connectivity index (χ2n) is 8.78. The molecule has 0 heterocycles. The molecule has 190 valence electrons. The van der Waals surface area contributed by atoms with E-state index < -0.39 is 38.5 Å². The first kappa shape index (κ1) is 25.3. The smallest absolute Gasteiger partial charge is 0.319 e. The van der Waals surface area contributed by atoms with Gasteiger partial charge < -0.3 is 16.0 Å². The quantitative estimate of drug-likeness (QED) is 0.355. The Morgan fingerprint density at radius 1 is 0.861 bits per heavy atom. The number of hydrogen-bond donors (Lipinski definition) is 4. The van der Waals surface area contributed by atoms with Gasteiger partial charge in [-0.2, -0.15) is 0 Å². The van der Waals surface area contributed by atoms with Gasteiger partial charge in [-0.3, -0.25) is 14.3 Å². The fraction of sp³-hybridized carbons (Fsp3) is 0.292. The molecule has 1 saturated carbocycles. The van der Waals surface area contributed by atoms with Crippen molar-refractivity contribution >= 4 is 33.1 Å². The molecule has 0 bridgehead atoms. The van der Waals surface area contributed by atoms with Gasteiger partial charge in [-0.15, -0.1) is 0 Å². The van der Waals surface area contributed by atoms with Crippen LogP contribution in [0.5, 0.6) is 0 Å². The number of amides is 2. The van der Waals surface area contributed by atoms with E-state index in [1.54, 1.807) is 12.1 Å². The van der Waals surface area contributed by atoms with Crippen molar-refractivity contribution in [3.8, 4) is 0 Å². The van der Waals surface area contributed by atoms with Crippen molar-refractivity contribution in [1.29, 1.82) is 0 Å². The van der Waals surface area contributed by atoms with Gasteiger partial charge in [0.2, 0.25) is 0 Å². The summed E-state index contributed by atoms with van der Waals surface area (Å²) in [6.45, 7) is 1.81. The third-order valence-corrected chi connectivity index (χ3v) is 7.37. The Morgan fingerprint density at radius 2 is 1.42 bits per heavy atom. The van der Waals surface area contributed by atoms with Gasteiger partial charge in [0.05, 0.1) is 4.90 Å². The highest BCUT2D eigenvalue weighted by Gasteiger charge is 2.29. The van der Waals surface area contributed by atoms with Crippen LogP contribution in [0.3, 0.4) is 0 Å². The number of benzene rings is 2. The number of nitrogens with one attached hydrogen (secondary N) is 4. The number of carbonyl (C=O) groups excluding carboxylic acids is 1. The summed E-state index contributed by atoms with van der Waals surface area (Å²) in [4.78, 5) is 36.3. The van der Waals surface area contributed by atoms with Crippen LogP contribution in [-0.4, -0.2) is 26.5 Å². The maximum Gasteiger partial charge on any atom is 0.319 e. The molecule has 9 nitrogen and oxygen atoms in total. The Balaban J connectivity index is 1.32. The molecule has 2 amide bonds. The molecule has 0 aromatic heterocycles. The van der Waals surface area contributed by atoms with Crippen LogP contribution in [0.1, 0.15) is 31.2 Å². The van der Waals surface area contributed by atoms with E-state index in [0.29, 0.717) is 31.7 Å². The number of halogens is 2. The van der Waals surface area contributed by atoms with E-state index in [4.69, 9.17) is 0 Å². The number of carbonyl (C=O) groups is 1. The first-order valence-electron chi connectivity index (χ1n) is 11.2. The highest BCUT2D eigenvalue weighted by Crippen LogP contribution is 2.26. The average molecular weight is 519 g/mol. The maximum absolute atomic E-state index is 13.3. The van der Waals surface area contributed by atoms with Crippen molar-refractivity contribution in [2.75, 3.05) is 15.4 Å². The van der Waals surface area contributed by atoms with Crippen LogP contribution in [0.25, 0.3) is 0 Å². The molecular weight excluding hydrogens is 494 g/mol. The number of sulfonamides is 1. The Kier molecular flexibility index (Phi) is 7.07. The number of aryl methyl sites for hydroxylation is 1. The first-order valence-corrected chi connectivity index (χ1v) is 12.7. The molecule has 0 atom stereocenters. The lowest BCUT2D eigenvalue weighted by Crippen LogP contribution is -2.44. The minimum atomic E-state index is -4.04. The second-order valence-corrected chi connectivity index (χ2v) is 10.5. The summed E-state index contributed by atoms with van der Waals surface area (Å²) in [6.07, 6.45) is 2.12. The molecule has 0 saturated heterocycles. The average Bonchev–Trinajstić information content (AvgIpc) is 2.81. The molecule has 1 aliphatic rings. The van der Waals surface area contributed by atoms with Gasteiger partial charge in [-0.25, -0.2) is 22.0 Å². The van der Waals surface area contributed by atoms with Gasteiger partial charge in [-0.1, -0.05) is 17.7 Å². The van der Waals surface area contributed by atoms with E-state index in [0.717, 1.165) is 17.7 Å². The summed E-state index contributed by atoms with van der Waals surface area (Å²) in [6, 6.07) is 7.73. The molecule has 0 unspecified atom stereocenters. The summed E-state index contributed by atoms with van der Waals surface area (Å²) >= 11 is 0. The van der Waals surface area contributed by atoms with Crippen LogP contribution in [0, 0.1) is 18.6 Å². The van der Waals surface area contributed by atoms with Gasteiger partial charge in [-0.05, 0) is 56.9 Å².